The summed E-state index contributed by atoms with van der Waals surface area (Å²) in [6.07, 6.45) is 2.15. The van der Waals surface area contributed by atoms with Gasteiger partial charge in [-0.1, -0.05) is 19.8 Å². The number of hydrogen-bond acceptors (Lipinski definition) is 3. The van der Waals surface area contributed by atoms with Crippen molar-refractivity contribution in [3.8, 4) is 0 Å². The second kappa shape index (κ2) is 6.89. The standard InChI is InChI=1S/C12H16BrNO3S/c1-3-4-5-8(12(16)17)14-11(15)9-6-7(2)10(13)18-9/h6,8H,3-5H2,1-2H3,(H,14,15)(H,16,17)/t8-/m0/s1. The third kappa shape index (κ3) is 4.10. The second-order valence-electron chi connectivity index (χ2n) is 4.07. The van der Waals surface area contributed by atoms with Gasteiger partial charge in [-0.05, 0) is 40.9 Å². The molecule has 0 saturated heterocycles. The van der Waals surface area contributed by atoms with Crippen molar-refractivity contribution in [2.24, 2.45) is 0 Å². The van der Waals surface area contributed by atoms with Crippen molar-refractivity contribution in [3.05, 3.63) is 20.3 Å². The van der Waals surface area contributed by atoms with E-state index in [1.54, 1.807) is 6.07 Å². The molecular formula is C12H16BrNO3S. The quantitative estimate of drug-likeness (QED) is 0.840. The highest BCUT2D eigenvalue weighted by Crippen LogP contribution is 2.27. The van der Waals surface area contributed by atoms with Crippen LogP contribution in [-0.2, 0) is 4.79 Å². The molecular weight excluding hydrogens is 318 g/mol. The smallest absolute Gasteiger partial charge is 0.326 e. The van der Waals surface area contributed by atoms with Gasteiger partial charge in [-0.25, -0.2) is 4.79 Å². The van der Waals surface area contributed by atoms with Crippen LogP contribution in [-0.4, -0.2) is 23.0 Å². The van der Waals surface area contributed by atoms with Crippen LogP contribution < -0.4 is 5.32 Å². The Balaban J connectivity index is 2.69. The van der Waals surface area contributed by atoms with E-state index in [0.717, 1.165) is 22.2 Å². The number of nitrogens with one attached hydrogen (secondary N) is 1. The fraction of sp³-hybridized carbons (Fsp3) is 0.500. The molecule has 0 aliphatic heterocycles. The number of carboxylic acid groups (broad SMARTS) is 1. The lowest BCUT2D eigenvalue weighted by molar-refractivity contribution is -0.139. The van der Waals surface area contributed by atoms with Crippen LogP contribution in [0.4, 0.5) is 0 Å². The molecule has 0 bridgehead atoms. The first kappa shape index (κ1) is 15.2. The molecule has 0 aliphatic carbocycles. The first-order chi connectivity index (χ1) is 8.45. The van der Waals surface area contributed by atoms with Gasteiger partial charge in [0.1, 0.15) is 6.04 Å². The molecule has 2 N–H and O–H groups in total. The Hall–Kier alpha value is -0.880. The van der Waals surface area contributed by atoms with Crippen LogP contribution in [0.15, 0.2) is 9.85 Å². The summed E-state index contributed by atoms with van der Waals surface area (Å²) in [5.41, 5.74) is 0.977. The van der Waals surface area contributed by atoms with Crippen LogP contribution in [0.25, 0.3) is 0 Å². The number of thiophene rings is 1. The molecule has 1 rings (SSSR count). The van der Waals surface area contributed by atoms with Crippen LogP contribution in [0.1, 0.15) is 41.4 Å². The molecule has 1 atom stereocenters. The molecule has 4 nitrogen and oxygen atoms in total. The Morgan fingerprint density at radius 2 is 2.22 bits per heavy atom. The molecule has 0 aromatic carbocycles. The van der Waals surface area contributed by atoms with E-state index in [2.05, 4.69) is 21.2 Å². The number of halogens is 1. The van der Waals surface area contributed by atoms with Crippen LogP contribution in [0.5, 0.6) is 0 Å². The predicted molar refractivity (Wildman–Crippen MR) is 75.2 cm³/mol. The summed E-state index contributed by atoms with van der Waals surface area (Å²) in [4.78, 5) is 23.5. The topological polar surface area (TPSA) is 66.4 Å². The largest absolute Gasteiger partial charge is 0.480 e. The molecule has 1 heterocycles. The molecule has 0 unspecified atom stereocenters. The molecule has 18 heavy (non-hydrogen) atoms. The van der Waals surface area contributed by atoms with Crippen molar-refractivity contribution >= 4 is 39.1 Å². The van der Waals surface area contributed by atoms with Crippen molar-refractivity contribution in [1.82, 2.24) is 5.32 Å². The summed E-state index contributed by atoms with van der Waals surface area (Å²) < 4.78 is 0.896. The lowest BCUT2D eigenvalue weighted by atomic mass is 10.1. The van der Waals surface area contributed by atoms with E-state index >= 15 is 0 Å². The number of amides is 1. The van der Waals surface area contributed by atoms with Crippen molar-refractivity contribution in [2.75, 3.05) is 0 Å². The number of unbranched alkanes of at least 4 members (excludes halogenated alkanes) is 1. The fourth-order valence-electron chi connectivity index (χ4n) is 1.47. The van der Waals surface area contributed by atoms with Gasteiger partial charge in [-0.3, -0.25) is 4.79 Å². The summed E-state index contributed by atoms with van der Waals surface area (Å²) in [5.74, 6) is -1.30. The van der Waals surface area contributed by atoms with E-state index in [1.165, 1.54) is 11.3 Å². The third-order valence-corrected chi connectivity index (χ3v) is 4.67. The van der Waals surface area contributed by atoms with Gasteiger partial charge in [0.2, 0.25) is 0 Å². The molecule has 0 spiro atoms. The summed E-state index contributed by atoms with van der Waals surface area (Å²) in [6, 6.07) is 0.946. The minimum atomic E-state index is -0.982. The van der Waals surface area contributed by atoms with Crippen LogP contribution in [0.3, 0.4) is 0 Å². The van der Waals surface area contributed by atoms with Crippen molar-refractivity contribution in [1.29, 1.82) is 0 Å². The Labute approximate surface area is 119 Å². The van der Waals surface area contributed by atoms with Gasteiger partial charge in [-0.2, -0.15) is 0 Å². The van der Waals surface area contributed by atoms with Crippen LogP contribution >= 0.6 is 27.3 Å². The van der Waals surface area contributed by atoms with E-state index in [-0.39, 0.29) is 5.91 Å². The highest BCUT2D eigenvalue weighted by Gasteiger charge is 2.21. The first-order valence-electron chi connectivity index (χ1n) is 5.75. The van der Waals surface area contributed by atoms with Crippen molar-refractivity contribution < 1.29 is 14.7 Å². The van der Waals surface area contributed by atoms with Gasteiger partial charge >= 0.3 is 5.97 Å². The van der Waals surface area contributed by atoms with E-state index in [1.807, 2.05) is 13.8 Å². The maximum Gasteiger partial charge on any atom is 0.326 e. The zero-order chi connectivity index (χ0) is 13.7. The zero-order valence-corrected chi connectivity index (χ0v) is 12.7. The van der Waals surface area contributed by atoms with E-state index < -0.39 is 12.0 Å². The van der Waals surface area contributed by atoms with E-state index in [4.69, 9.17) is 5.11 Å². The molecule has 1 aromatic rings. The molecule has 6 heteroatoms. The maximum atomic E-state index is 11.9. The zero-order valence-electron chi connectivity index (χ0n) is 10.3. The number of rotatable bonds is 6. The van der Waals surface area contributed by atoms with Crippen LogP contribution in [0.2, 0.25) is 0 Å². The molecule has 100 valence electrons. The van der Waals surface area contributed by atoms with Gasteiger partial charge in [0.15, 0.2) is 0 Å². The Kier molecular flexibility index (Phi) is 5.81. The summed E-state index contributed by atoms with van der Waals surface area (Å²) in [6.45, 7) is 3.88. The molecule has 1 amide bonds. The molecule has 0 radical (unpaired) electrons. The third-order valence-electron chi connectivity index (χ3n) is 2.53. The summed E-state index contributed by atoms with van der Waals surface area (Å²) >= 11 is 4.66. The van der Waals surface area contributed by atoms with Gasteiger partial charge < -0.3 is 10.4 Å². The van der Waals surface area contributed by atoms with Crippen molar-refractivity contribution in [3.63, 3.8) is 0 Å². The van der Waals surface area contributed by atoms with Gasteiger partial charge in [0.25, 0.3) is 5.91 Å². The van der Waals surface area contributed by atoms with Crippen LogP contribution in [0, 0.1) is 6.92 Å². The number of carbonyl (C=O) groups excluding carboxylic acids is 1. The minimum absolute atomic E-state index is 0.322. The molecule has 0 saturated carbocycles. The molecule has 0 aliphatic rings. The average Bonchev–Trinajstić information content (AvgIpc) is 2.64. The Morgan fingerprint density at radius 1 is 1.56 bits per heavy atom. The first-order valence-corrected chi connectivity index (χ1v) is 7.36. The lowest BCUT2D eigenvalue weighted by Crippen LogP contribution is -2.40. The second-order valence-corrected chi connectivity index (χ2v) is 6.44. The molecule has 1 aromatic heterocycles. The summed E-state index contributed by atoms with van der Waals surface area (Å²) in [5, 5.41) is 11.6. The Bertz CT molecular complexity index is 425. The van der Waals surface area contributed by atoms with Gasteiger partial charge in [0, 0.05) is 0 Å². The normalized spacial score (nSPS) is 12.2. The number of carboxylic acids is 1. The SMILES string of the molecule is CCCC[C@H](NC(=O)c1cc(C)c(Br)s1)C(=O)O. The lowest BCUT2D eigenvalue weighted by Gasteiger charge is -2.13. The number of carbonyl (C=O) groups is 2. The number of aliphatic carboxylic acids is 1. The fourth-order valence-corrected chi connectivity index (χ4v) is 2.90. The average molecular weight is 334 g/mol. The van der Waals surface area contributed by atoms with Gasteiger partial charge in [0.05, 0.1) is 8.66 Å². The minimum Gasteiger partial charge on any atom is -0.480 e. The highest BCUT2D eigenvalue weighted by molar-refractivity contribution is 9.11. The molecule has 0 fully saturated rings. The van der Waals surface area contributed by atoms with E-state index in [0.29, 0.717) is 11.3 Å². The Morgan fingerprint density at radius 3 is 2.67 bits per heavy atom. The predicted octanol–water partition coefficient (Wildman–Crippen LogP) is 3.19. The number of hydrogen-bond donors (Lipinski definition) is 2. The monoisotopic (exact) mass is 333 g/mol. The highest BCUT2D eigenvalue weighted by atomic mass is 79.9. The van der Waals surface area contributed by atoms with E-state index in [9.17, 15) is 9.59 Å². The number of aryl methyl sites for hydroxylation is 1. The maximum absolute atomic E-state index is 11.9. The van der Waals surface area contributed by atoms with Gasteiger partial charge in [-0.15, -0.1) is 11.3 Å². The van der Waals surface area contributed by atoms with Crippen molar-refractivity contribution in [2.45, 2.75) is 39.2 Å². The summed E-state index contributed by atoms with van der Waals surface area (Å²) in [7, 11) is 0.